The maximum atomic E-state index is 12.2. The molecule has 0 unspecified atom stereocenters. The minimum Gasteiger partial charge on any atom is -0.494 e. The minimum absolute atomic E-state index is 0.0220. The van der Waals surface area contributed by atoms with Crippen molar-refractivity contribution < 1.29 is 9.53 Å². The molecule has 0 bridgehead atoms. The summed E-state index contributed by atoms with van der Waals surface area (Å²) in [5, 5.41) is 2.95. The number of ether oxygens (including phenoxy) is 1. The molecule has 0 spiro atoms. The summed E-state index contributed by atoms with van der Waals surface area (Å²) in [6.45, 7) is 4.58. The van der Waals surface area contributed by atoms with Gasteiger partial charge in [-0.2, -0.15) is 0 Å². The van der Waals surface area contributed by atoms with Crippen LogP contribution in [0.25, 0.3) is 0 Å². The Morgan fingerprint density at radius 2 is 1.92 bits per heavy atom. The second kappa shape index (κ2) is 10.3. The lowest BCUT2D eigenvalue weighted by Crippen LogP contribution is -2.41. The van der Waals surface area contributed by atoms with Crippen LogP contribution in [0.1, 0.15) is 18.9 Å². The first-order valence-corrected chi connectivity index (χ1v) is 8.39. The summed E-state index contributed by atoms with van der Waals surface area (Å²) >= 11 is 0. The predicted octanol–water partition coefficient (Wildman–Crippen LogP) is 3.12. The van der Waals surface area contributed by atoms with Gasteiger partial charge < -0.3 is 15.0 Å². The van der Waals surface area contributed by atoms with Gasteiger partial charge in [-0.25, -0.2) is 4.79 Å². The van der Waals surface area contributed by atoms with E-state index in [9.17, 15) is 4.79 Å². The van der Waals surface area contributed by atoms with Gasteiger partial charge in [0.1, 0.15) is 5.75 Å². The number of nitrogens with one attached hydrogen (secondary N) is 1. The van der Waals surface area contributed by atoms with Crippen molar-refractivity contribution in [1.29, 1.82) is 0 Å². The molecule has 1 aromatic heterocycles. The van der Waals surface area contributed by atoms with Gasteiger partial charge in [0.05, 0.1) is 6.61 Å². The van der Waals surface area contributed by atoms with Crippen LogP contribution in [0.15, 0.2) is 54.9 Å². The van der Waals surface area contributed by atoms with Gasteiger partial charge in [-0.3, -0.25) is 4.98 Å². The first-order valence-electron chi connectivity index (χ1n) is 8.39. The number of pyridine rings is 1. The molecule has 0 atom stereocenters. The Balaban J connectivity index is 1.62. The number of rotatable bonds is 9. The van der Waals surface area contributed by atoms with Crippen LogP contribution in [-0.2, 0) is 6.42 Å². The molecule has 0 aliphatic heterocycles. The predicted molar refractivity (Wildman–Crippen MR) is 95.1 cm³/mol. The van der Waals surface area contributed by atoms with Gasteiger partial charge in [0.2, 0.25) is 0 Å². The van der Waals surface area contributed by atoms with Crippen molar-refractivity contribution in [3.8, 4) is 5.75 Å². The van der Waals surface area contributed by atoms with Crippen molar-refractivity contribution >= 4 is 6.03 Å². The number of nitrogens with zero attached hydrogens (tertiary/aromatic N) is 2. The number of aromatic nitrogens is 1. The van der Waals surface area contributed by atoms with Crippen LogP contribution in [0.4, 0.5) is 4.79 Å². The van der Waals surface area contributed by atoms with Crippen molar-refractivity contribution in [2.45, 2.75) is 19.8 Å². The molecule has 2 aromatic rings. The lowest BCUT2D eigenvalue weighted by molar-refractivity contribution is 0.200. The molecule has 1 heterocycles. The summed E-state index contributed by atoms with van der Waals surface area (Å²) in [5.41, 5.74) is 1.19. The van der Waals surface area contributed by atoms with E-state index < -0.39 is 0 Å². The van der Waals surface area contributed by atoms with Crippen LogP contribution in [0, 0.1) is 0 Å². The molecule has 128 valence electrons. The van der Waals surface area contributed by atoms with E-state index in [1.807, 2.05) is 54.3 Å². The van der Waals surface area contributed by atoms with E-state index >= 15 is 0 Å². The van der Waals surface area contributed by atoms with Gasteiger partial charge in [0.25, 0.3) is 0 Å². The second-order valence-corrected chi connectivity index (χ2v) is 5.43. The highest BCUT2D eigenvalue weighted by atomic mass is 16.5. The molecule has 0 saturated carbocycles. The van der Waals surface area contributed by atoms with E-state index in [-0.39, 0.29) is 6.03 Å². The Labute approximate surface area is 143 Å². The number of para-hydroxylation sites is 1. The van der Waals surface area contributed by atoms with Gasteiger partial charge in [-0.15, -0.1) is 0 Å². The Morgan fingerprint density at radius 1 is 1.17 bits per heavy atom. The fourth-order valence-corrected chi connectivity index (χ4v) is 2.30. The zero-order valence-corrected chi connectivity index (χ0v) is 14.1. The molecule has 0 saturated heterocycles. The van der Waals surface area contributed by atoms with Gasteiger partial charge in [0.15, 0.2) is 0 Å². The lowest BCUT2D eigenvalue weighted by atomic mass is 10.2. The fourth-order valence-electron chi connectivity index (χ4n) is 2.30. The van der Waals surface area contributed by atoms with E-state index in [0.717, 1.165) is 18.6 Å². The van der Waals surface area contributed by atoms with Crippen LogP contribution in [0.2, 0.25) is 0 Å². The monoisotopic (exact) mass is 327 g/mol. The first-order chi connectivity index (χ1) is 11.8. The standard InChI is InChI=1S/C19H25N3O2/c1-2-22(15-11-17-9-13-20-14-10-17)19(23)21-12-6-16-24-18-7-4-3-5-8-18/h3-5,7-10,13-14H,2,6,11-12,15-16H2,1H3,(H,21,23). The lowest BCUT2D eigenvalue weighted by Gasteiger charge is -2.21. The maximum absolute atomic E-state index is 12.2. The number of urea groups is 1. The summed E-state index contributed by atoms with van der Waals surface area (Å²) in [7, 11) is 0. The van der Waals surface area contributed by atoms with Gasteiger partial charge in [0, 0.05) is 32.0 Å². The van der Waals surface area contributed by atoms with Crippen molar-refractivity contribution in [3.05, 3.63) is 60.4 Å². The van der Waals surface area contributed by atoms with Crippen LogP contribution in [0.3, 0.4) is 0 Å². The fraction of sp³-hybridized carbons (Fsp3) is 0.368. The Hall–Kier alpha value is -2.56. The number of hydrogen-bond acceptors (Lipinski definition) is 3. The molecule has 1 N–H and O–H groups in total. The topological polar surface area (TPSA) is 54.5 Å². The highest BCUT2D eigenvalue weighted by Gasteiger charge is 2.10. The van der Waals surface area contributed by atoms with Gasteiger partial charge >= 0.3 is 6.03 Å². The minimum atomic E-state index is -0.0220. The summed E-state index contributed by atoms with van der Waals surface area (Å²) < 4.78 is 5.61. The number of amides is 2. The van der Waals surface area contributed by atoms with Crippen LogP contribution < -0.4 is 10.1 Å². The van der Waals surface area contributed by atoms with Gasteiger partial charge in [-0.05, 0) is 49.6 Å². The molecule has 0 aliphatic carbocycles. The molecule has 5 nitrogen and oxygen atoms in total. The summed E-state index contributed by atoms with van der Waals surface area (Å²) in [6, 6.07) is 13.6. The molecule has 24 heavy (non-hydrogen) atoms. The van der Waals surface area contributed by atoms with E-state index in [1.54, 1.807) is 12.4 Å². The molecule has 5 heteroatoms. The number of hydrogen-bond donors (Lipinski definition) is 1. The maximum Gasteiger partial charge on any atom is 0.317 e. The number of carbonyl (C=O) groups is 1. The normalized spacial score (nSPS) is 10.2. The molecule has 1 aromatic carbocycles. The molecule has 0 radical (unpaired) electrons. The van der Waals surface area contributed by atoms with E-state index in [1.165, 1.54) is 5.56 Å². The van der Waals surface area contributed by atoms with Crippen LogP contribution in [-0.4, -0.2) is 42.2 Å². The average Bonchev–Trinajstić information content (AvgIpc) is 2.63. The third-order valence-electron chi connectivity index (χ3n) is 3.70. The highest BCUT2D eigenvalue weighted by molar-refractivity contribution is 5.74. The van der Waals surface area contributed by atoms with Crippen molar-refractivity contribution in [2.24, 2.45) is 0 Å². The van der Waals surface area contributed by atoms with E-state index in [0.29, 0.717) is 26.2 Å². The molecular formula is C19H25N3O2. The molecule has 0 aliphatic rings. The van der Waals surface area contributed by atoms with E-state index in [2.05, 4.69) is 10.3 Å². The Morgan fingerprint density at radius 3 is 2.62 bits per heavy atom. The summed E-state index contributed by atoms with van der Waals surface area (Å²) in [6.07, 6.45) is 5.17. The van der Waals surface area contributed by atoms with E-state index in [4.69, 9.17) is 4.74 Å². The number of carbonyl (C=O) groups excluding carboxylic acids is 1. The van der Waals surface area contributed by atoms with Crippen LogP contribution in [0.5, 0.6) is 5.75 Å². The highest BCUT2D eigenvalue weighted by Crippen LogP contribution is 2.08. The van der Waals surface area contributed by atoms with Crippen molar-refractivity contribution in [3.63, 3.8) is 0 Å². The zero-order valence-electron chi connectivity index (χ0n) is 14.1. The quantitative estimate of drug-likeness (QED) is 0.720. The molecule has 2 rings (SSSR count). The van der Waals surface area contributed by atoms with Gasteiger partial charge in [-0.1, -0.05) is 18.2 Å². The number of likely N-dealkylation sites (N-methyl/N-ethyl adjacent to an activating group) is 1. The third-order valence-corrected chi connectivity index (χ3v) is 3.70. The third kappa shape index (κ3) is 6.28. The number of benzene rings is 1. The smallest absolute Gasteiger partial charge is 0.317 e. The second-order valence-electron chi connectivity index (χ2n) is 5.43. The van der Waals surface area contributed by atoms with Crippen molar-refractivity contribution in [1.82, 2.24) is 15.2 Å². The average molecular weight is 327 g/mol. The van der Waals surface area contributed by atoms with Crippen LogP contribution >= 0.6 is 0 Å². The van der Waals surface area contributed by atoms with Crippen molar-refractivity contribution in [2.75, 3.05) is 26.2 Å². The SMILES string of the molecule is CCN(CCc1ccncc1)C(=O)NCCCOc1ccccc1. The summed E-state index contributed by atoms with van der Waals surface area (Å²) in [5.74, 6) is 0.858. The largest absolute Gasteiger partial charge is 0.494 e. The molecular weight excluding hydrogens is 302 g/mol. The Kier molecular flexibility index (Phi) is 7.60. The summed E-state index contributed by atoms with van der Waals surface area (Å²) in [4.78, 5) is 18.0. The zero-order chi connectivity index (χ0) is 17.0. The Bertz CT molecular complexity index is 590. The molecule has 0 fully saturated rings. The first kappa shape index (κ1) is 17.8. The molecule has 2 amide bonds.